The monoisotopic (exact) mass is 718 g/mol. The molecule has 0 aliphatic heterocycles. The van der Waals surface area contributed by atoms with Crippen molar-refractivity contribution in [2.75, 3.05) is 0 Å². The minimum Gasteiger partial charge on any atom is -0.0619 e. The van der Waals surface area contributed by atoms with Crippen molar-refractivity contribution in [3.05, 3.63) is 229 Å². The number of benzene rings is 11. The van der Waals surface area contributed by atoms with Gasteiger partial charge < -0.3 is 0 Å². The molecule has 0 bridgehead atoms. The first kappa shape index (κ1) is 31.0. The summed E-state index contributed by atoms with van der Waals surface area (Å²) in [5.41, 5.74) is 15.5. The molecule has 0 saturated carbocycles. The Morgan fingerprint density at radius 3 is 1.37 bits per heavy atom. The Kier molecular flexibility index (Phi) is 6.19. The average Bonchev–Trinajstić information content (AvgIpc) is 3.75. The molecule has 0 fully saturated rings. The first-order valence-electron chi connectivity index (χ1n) is 20.0. The lowest BCUT2D eigenvalue weighted by Gasteiger charge is -2.31. The molecule has 0 atom stereocenters. The molecular weight excluding hydrogens is 685 g/mol. The zero-order chi connectivity index (χ0) is 37.2. The van der Waals surface area contributed by atoms with Crippen LogP contribution < -0.4 is 0 Å². The number of hydrogen-bond acceptors (Lipinski definition) is 0. The first-order chi connectivity index (χ1) is 28.3. The molecular formula is C57H34. The molecule has 0 unspecified atom stereocenters. The topological polar surface area (TPSA) is 0 Å². The van der Waals surface area contributed by atoms with Gasteiger partial charge in [-0.25, -0.2) is 0 Å². The fourth-order valence-corrected chi connectivity index (χ4v) is 11.0. The molecule has 2 aliphatic rings. The van der Waals surface area contributed by atoms with Crippen LogP contribution >= 0.6 is 0 Å². The van der Waals surface area contributed by atoms with Gasteiger partial charge in [0.25, 0.3) is 0 Å². The Morgan fingerprint density at radius 1 is 0.246 bits per heavy atom. The highest BCUT2D eigenvalue weighted by Gasteiger charge is 2.52. The van der Waals surface area contributed by atoms with Crippen LogP contribution in [0.1, 0.15) is 22.3 Å². The van der Waals surface area contributed by atoms with Crippen LogP contribution in [-0.2, 0) is 5.41 Å². The predicted octanol–water partition coefficient (Wildman–Crippen LogP) is 15.1. The van der Waals surface area contributed by atoms with Gasteiger partial charge in [0.15, 0.2) is 0 Å². The largest absolute Gasteiger partial charge is 0.0731 e. The van der Waals surface area contributed by atoms with Crippen LogP contribution in [0.5, 0.6) is 0 Å². The lowest BCUT2D eigenvalue weighted by molar-refractivity contribution is 0.802. The third kappa shape index (κ3) is 4.02. The second-order valence-electron chi connectivity index (χ2n) is 15.9. The van der Waals surface area contributed by atoms with Gasteiger partial charge in [0.1, 0.15) is 0 Å². The molecule has 1 spiro atoms. The lowest BCUT2D eigenvalue weighted by atomic mass is 9.69. The molecule has 11 aromatic carbocycles. The fraction of sp³-hybridized carbons (Fsp3) is 0.0175. The highest BCUT2D eigenvalue weighted by atomic mass is 14.5. The molecule has 11 aromatic rings. The molecule has 13 rings (SSSR count). The van der Waals surface area contributed by atoms with Gasteiger partial charge in [-0.05, 0) is 133 Å². The SMILES string of the molecule is c1ccc2c(c1)-c1ccccc1C21c2ccc3ccccc3c2-c2ccc3cc(-c4c5ccccc5c(-c5ccc6ccccc6c5)c5ccccc45)ccc3c21. The quantitative estimate of drug-likeness (QED) is 0.156. The van der Waals surface area contributed by atoms with E-state index in [1.165, 1.54) is 121 Å². The van der Waals surface area contributed by atoms with E-state index in [9.17, 15) is 0 Å². The molecule has 0 nitrogen and oxygen atoms in total. The van der Waals surface area contributed by atoms with Gasteiger partial charge in [-0.3, -0.25) is 0 Å². The summed E-state index contributed by atoms with van der Waals surface area (Å²) in [4.78, 5) is 0. The van der Waals surface area contributed by atoms with Crippen LogP contribution in [0.4, 0.5) is 0 Å². The van der Waals surface area contributed by atoms with Crippen molar-refractivity contribution in [3.8, 4) is 44.5 Å². The molecule has 0 radical (unpaired) electrons. The third-order valence-corrected chi connectivity index (χ3v) is 13.2. The summed E-state index contributed by atoms with van der Waals surface area (Å²) in [7, 11) is 0. The summed E-state index contributed by atoms with van der Waals surface area (Å²) < 4.78 is 0. The maximum atomic E-state index is 2.46. The van der Waals surface area contributed by atoms with Crippen LogP contribution in [-0.4, -0.2) is 0 Å². The van der Waals surface area contributed by atoms with Gasteiger partial charge in [-0.2, -0.15) is 0 Å². The van der Waals surface area contributed by atoms with Crippen molar-refractivity contribution in [2.45, 2.75) is 5.41 Å². The van der Waals surface area contributed by atoms with Crippen molar-refractivity contribution in [1.29, 1.82) is 0 Å². The van der Waals surface area contributed by atoms with E-state index in [0.29, 0.717) is 0 Å². The minimum absolute atomic E-state index is 0.427. The van der Waals surface area contributed by atoms with Crippen molar-refractivity contribution in [2.24, 2.45) is 0 Å². The zero-order valence-corrected chi connectivity index (χ0v) is 31.1. The highest BCUT2D eigenvalue weighted by molar-refractivity contribution is 6.22. The molecule has 0 amide bonds. The summed E-state index contributed by atoms with van der Waals surface area (Å²) >= 11 is 0. The smallest absolute Gasteiger partial charge is 0.0619 e. The third-order valence-electron chi connectivity index (χ3n) is 13.2. The van der Waals surface area contributed by atoms with Gasteiger partial charge in [0, 0.05) is 0 Å². The number of fused-ring (bicyclic) bond motifs is 17. The average molecular weight is 719 g/mol. The van der Waals surface area contributed by atoms with Gasteiger partial charge >= 0.3 is 0 Å². The summed E-state index contributed by atoms with van der Waals surface area (Å²) in [5, 5.41) is 12.8. The lowest BCUT2D eigenvalue weighted by Crippen LogP contribution is -2.26. The van der Waals surface area contributed by atoms with E-state index in [2.05, 4.69) is 206 Å². The first-order valence-corrected chi connectivity index (χ1v) is 20.0. The van der Waals surface area contributed by atoms with Crippen LogP contribution in [0.2, 0.25) is 0 Å². The maximum absolute atomic E-state index is 2.46. The summed E-state index contributed by atoms with van der Waals surface area (Å²) in [6.07, 6.45) is 0. The van der Waals surface area contributed by atoms with E-state index in [1.54, 1.807) is 0 Å². The normalized spacial score (nSPS) is 13.4. The Hall–Kier alpha value is -7.28. The summed E-state index contributed by atoms with van der Waals surface area (Å²) in [5.74, 6) is 0. The van der Waals surface area contributed by atoms with Gasteiger partial charge in [0.2, 0.25) is 0 Å². The predicted molar refractivity (Wildman–Crippen MR) is 241 cm³/mol. The minimum atomic E-state index is -0.427. The Balaban J connectivity index is 1.11. The van der Waals surface area contributed by atoms with Crippen molar-refractivity contribution < 1.29 is 0 Å². The van der Waals surface area contributed by atoms with E-state index in [1.807, 2.05) is 0 Å². The van der Waals surface area contributed by atoms with E-state index in [4.69, 9.17) is 0 Å². The maximum Gasteiger partial charge on any atom is 0.0731 e. The molecule has 0 heterocycles. The summed E-state index contributed by atoms with van der Waals surface area (Å²) in [6, 6.07) is 77.6. The molecule has 2 aliphatic carbocycles. The number of hydrogen-bond donors (Lipinski definition) is 0. The van der Waals surface area contributed by atoms with Crippen LogP contribution in [0.25, 0.3) is 98.4 Å². The van der Waals surface area contributed by atoms with E-state index < -0.39 is 5.41 Å². The fourth-order valence-electron chi connectivity index (χ4n) is 11.0. The van der Waals surface area contributed by atoms with E-state index >= 15 is 0 Å². The van der Waals surface area contributed by atoms with Crippen molar-refractivity contribution >= 4 is 53.9 Å². The van der Waals surface area contributed by atoms with Gasteiger partial charge in [-0.15, -0.1) is 0 Å². The van der Waals surface area contributed by atoms with Gasteiger partial charge in [-0.1, -0.05) is 194 Å². The summed E-state index contributed by atoms with van der Waals surface area (Å²) in [6.45, 7) is 0. The highest BCUT2D eigenvalue weighted by Crippen LogP contribution is 2.65. The van der Waals surface area contributed by atoms with Gasteiger partial charge in [0.05, 0.1) is 5.41 Å². The molecule has 262 valence electrons. The molecule has 0 saturated heterocycles. The Bertz CT molecular complexity index is 3430. The number of rotatable bonds is 2. The zero-order valence-electron chi connectivity index (χ0n) is 31.1. The molecule has 0 N–H and O–H groups in total. The second kappa shape index (κ2) is 11.4. The molecule has 0 aromatic heterocycles. The van der Waals surface area contributed by atoms with E-state index in [0.717, 1.165) is 0 Å². The Morgan fingerprint density at radius 2 is 0.719 bits per heavy atom. The van der Waals surface area contributed by atoms with Crippen LogP contribution in [0.15, 0.2) is 206 Å². The van der Waals surface area contributed by atoms with Crippen molar-refractivity contribution in [1.82, 2.24) is 0 Å². The van der Waals surface area contributed by atoms with Crippen LogP contribution in [0.3, 0.4) is 0 Å². The molecule has 57 heavy (non-hydrogen) atoms. The molecule has 0 heteroatoms. The van der Waals surface area contributed by atoms with E-state index in [-0.39, 0.29) is 0 Å². The Labute approximate surface area is 330 Å². The van der Waals surface area contributed by atoms with Crippen LogP contribution in [0, 0.1) is 0 Å². The standard InChI is InChI=1S/C57H34/c1-2-15-37-33-39(26-25-35(37)13-1)53-45-19-5-7-21-47(45)54(48-22-8-6-20-46(48)53)40-28-30-42-38(34-40)27-31-49-55-41-16-4-3-14-36(41)29-32-52(55)57(56(42)49)50-23-11-9-17-43(50)44-18-10-12-24-51(44)57/h1-34H. The second-order valence-corrected chi connectivity index (χ2v) is 15.9. The van der Waals surface area contributed by atoms with Crippen molar-refractivity contribution in [3.63, 3.8) is 0 Å².